The third kappa shape index (κ3) is 5.62. The molecule has 1 aromatic heterocycles. The number of para-hydroxylation sites is 2. The van der Waals surface area contributed by atoms with E-state index < -0.39 is 0 Å². The maximum Gasteiger partial charge on any atom is 0.159 e. The van der Waals surface area contributed by atoms with Gasteiger partial charge in [0.15, 0.2) is 5.58 Å². The van der Waals surface area contributed by atoms with Crippen molar-refractivity contribution in [2.45, 2.75) is 52.4 Å². The van der Waals surface area contributed by atoms with E-state index >= 15 is 0 Å². The van der Waals surface area contributed by atoms with Gasteiger partial charge in [-0.1, -0.05) is 175 Å². The van der Waals surface area contributed by atoms with Gasteiger partial charge in [0.1, 0.15) is 5.58 Å². The average molecular weight is 774 g/mol. The van der Waals surface area contributed by atoms with Crippen LogP contribution in [0.4, 0.5) is 17.1 Å². The molecule has 0 spiro atoms. The first kappa shape index (κ1) is 36.2. The van der Waals surface area contributed by atoms with Crippen LogP contribution < -0.4 is 4.90 Å². The molecule has 2 heteroatoms. The van der Waals surface area contributed by atoms with Crippen molar-refractivity contribution < 1.29 is 4.42 Å². The third-order valence-corrected chi connectivity index (χ3v) is 12.6. The molecule has 0 N–H and O–H groups in total. The molecule has 0 radical (unpaired) electrons. The SMILES string of the molecule is CC(C)(C)c1cccc(N(c2ccc3cc4c(cc3c2)-c2c-4c(-c3ccccc3)c3ccccc3c2-c2ccccc2)c2cccc3c2oc2c(C(C)(C)C)cccc23)c1. The molecule has 0 amide bonds. The smallest absolute Gasteiger partial charge is 0.159 e. The Labute approximate surface area is 352 Å². The molecular formula is C58H47NO. The predicted octanol–water partition coefficient (Wildman–Crippen LogP) is 16.9. The quantitative estimate of drug-likeness (QED) is 0.173. The van der Waals surface area contributed by atoms with Gasteiger partial charge in [-0.2, -0.15) is 0 Å². The van der Waals surface area contributed by atoms with Crippen LogP contribution in [0.25, 0.3) is 88.0 Å². The Hall–Kier alpha value is -6.90. The first-order valence-electron chi connectivity index (χ1n) is 21.2. The standard InChI is InChI=1S/C58H47NO/c1-57(2,3)40-22-15-23-41(35-40)59(50-29-17-27-46-45-26-16-28-49(58(4,5)6)55(45)60-56(46)50)42-31-30-38-33-47-48(34-39(38)32-42)54-52(37-20-11-8-12-21-37)44-25-14-13-24-43(44)51(53(47)54)36-18-9-7-10-19-36/h7-35H,1-6H3. The summed E-state index contributed by atoms with van der Waals surface area (Å²) in [6.07, 6.45) is 0. The third-order valence-electron chi connectivity index (χ3n) is 12.6. The van der Waals surface area contributed by atoms with Gasteiger partial charge in [0.25, 0.3) is 0 Å². The maximum absolute atomic E-state index is 7.03. The predicted molar refractivity (Wildman–Crippen MR) is 256 cm³/mol. The molecule has 1 heterocycles. The van der Waals surface area contributed by atoms with Gasteiger partial charge in [0.05, 0.1) is 5.69 Å². The summed E-state index contributed by atoms with van der Waals surface area (Å²) >= 11 is 0. The Kier molecular flexibility index (Phi) is 8.03. The van der Waals surface area contributed by atoms with Gasteiger partial charge in [-0.3, -0.25) is 0 Å². The van der Waals surface area contributed by atoms with Crippen LogP contribution in [0.3, 0.4) is 0 Å². The van der Waals surface area contributed by atoms with E-state index in [-0.39, 0.29) is 10.8 Å². The molecule has 1 aliphatic rings. The van der Waals surface area contributed by atoms with Crippen molar-refractivity contribution in [2.24, 2.45) is 0 Å². The molecule has 1 aliphatic carbocycles. The number of rotatable bonds is 5. The van der Waals surface area contributed by atoms with Gasteiger partial charge in [-0.25, -0.2) is 0 Å². The summed E-state index contributed by atoms with van der Waals surface area (Å²) in [6, 6.07) is 64.8. The van der Waals surface area contributed by atoms with Gasteiger partial charge in [0.2, 0.25) is 0 Å². The number of nitrogens with zero attached hydrogens (tertiary/aromatic N) is 1. The van der Waals surface area contributed by atoms with Crippen molar-refractivity contribution in [1.82, 2.24) is 0 Å². The minimum absolute atomic E-state index is 0.0209. The summed E-state index contributed by atoms with van der Waals surface area (Å²) in [5.74, 6) is 0. The number of hydrogen-bond donors (Lipinski definition) is 0. The maximum atomic E-state index is 7.03. The van der Waals surface area contributed by atoms with Crippen molar-refractivity contribution in [3.05, 3.63) is 187 Å². The minimum Gasteiger partial charge on any atom is -0.454 e. The molecular weight excluding hydrogens is 727 g/mol. The molecule has 0 bridgehead atoms. The summed E-state index contributed by atoms with van der Waals surface area (Å²) < 4.78 is 7.03. The van der Waals surface area contributed by atoms with Crippen LogP contribution in [0, 0.1) is 0 Å². The number of fused-ring (bicyclic) bond motifs is 9. The molecule has 0 atom stereocenters. The largest absolute Gasteiger partial charge is 0.454 e. The van der Waals surface area contributed by atoms with E-state index in [1.165, 1.54) is 77.2 Å². The van der Waals surface area contributed by atoms with Crippen LogP contribution in [0.15, 0.2) is 180 Å². The number of hydrogen-bond acceptors (Lipinski definition) is 2. The van der Waals surface area contributed by atoms with Crippen molar-refractivity contribution >= 4 is 60.5 Å². The lowest BCUT2D eigenvalue weighted by atomic mass is 9.70. The zero-order valence-electron chi connectivity index (χ0n) is 35.1. The molecule has 0 unspecified atom stereocenters. The minimum atomic E-state index is -0.0681. The molecule has 0 fully saturated rings. The molecule has 0 saturated heterocycles. The van der Waals surface area contributed by atoms with Gasteiger partial charge < -0.3 is 9.32 Å². The van der Waals surface area contributed by atoms with E-state index in [2.05, 4.69) is 222 Å². The molecule has 0 aliphatic heterocycles. The highest BCUT2D eigenvalue weighted by molar-refractivity contribution is 6.26. The molecule has 10 aromatic rings. The van der Waals surface area contributed by atoms with Crippen LogP contribution in [-0.2, 0) is 10.8 Å². The topological polar surface area (TPSA) is 16.4 Å². The zero-order chi connectivity index (χ0) is 40.9. The summed E-state index contributed by atoms with van der Waals surface area (Å²) in [6.45, 7) is 13.6. The second kappa shape index (κ2) is 13.3. The van der Waals surface area contributed by atoms with Crippen molar-refractivity contribution in [3.8, 4) is 44.5 Å². The molecule has 11 rings (SSSR count). The van der Waals surface area contributed by atoms with E-state index in [0.717, 1.165) is 39.0 Å². The average Bonchev–Trinajstić information content (AvgIpc) is 3.65. The Morgan fingerprint density at radius 2 is 0.917 bits per heavy atom. The fourth-order valence-electron chi connectivity index (χ4n) is 9.67. The highest BCUT2D eigenvalue weighted by atomic mass is 16.3. The van der Waals surface area contributed by atoms with Gasteiger partial charge in [-0.15, -0.1) is 0 Å². The monoisotopic (exact) mass is 773 g/mol. The molecule has 60 heavy (non-hydrogen) atoms. The van der Waals surface area contributed by atoms with E-state index in [9.17, 15) is 0 Å². The van der Waals surface area contributed by atoms with Crippen LogP contribution >= 0.6 is 0 Å². The molecule has 2 nitrogen and oxygen atoms in total. The van der Waals surface area contributed by atoms with Gasteiger partial charge in [-0.05, 0) is 125 Å². The molecule has 9 aromatic carbocycles. The van der Waals surface area contributed by atoms with Crippen molar-refractivity contribution in [1.29, 1.82) is 0 Å². The summed E-state index contributed by atoms with van der Waals surface area (Å²) in [5, 5.41) is 7.25. The molecule has 290 valence electrons. The Morgan fingerprint density at radius 3 is 1.53 bits per heavy atom. The first-order valence-corrected chi connectivity index (χ1v) is 21.2. The lowest BCUT2D eigenvalue weighted by Gasteiger charge is -2.33. The Balaban J connectivity index is 1.16. The lowest BCUT2D eigenvalue weighted by Crippen LogP contribution is -2.14. The fourth-order valence-corrected chi connectivity index (χ4v) is 9.67. The second-order valence-electron chi connectivity index (χ2n) is 18.5. The van der Waals surface area contributed by atoms with Crippen LogP contribution in [0.2, 0.25) is 0 Å². The van der Waals surface area contributed by atoms with Gasteiger partial charge >= 0.3 is 0 Å². The molecule has 0 saturated carbocycles. The number of anilines is 3. The van der Waals surface area contributed by atoms with Crippen LogP contribution in [0.1, 0.15) is 52.7 Å². The summed E-state index contributed by atoms with van der Waals surface area (Å²) in [7, 11) is 0. The van der Waals surface area contributed by atoms with E-state index in [1.54, 1.807) is 0 Å². The zero-order valence-corrected chi connectivity index (χ0v) is 35.1. The summed E-state index contributed by atoms with van der Waals surface area (Å²) in [5.41, 5.74) is 17.8. The van der Waals surface area contributed by atoms with Crippen LogP contribution in [0.5, 0.6) is 0 Å². The Morgan fingerprint density at radius 1 is 0.383 bits per heavy atom. The Bertz CT molecular complexity index is 3320. The fraction of sp³-hybridized carbons (Fsp3) is 0.138. The van der Waals surface area contributed by atoms with Crippen molar-refractivity contribution in [3.63, 3.8) is 0 Å². The van der Waals surface area contributed by atoms with Crippen molar-refractivity contribution in [2.75, 3.05) is 4.90 Å². The second-order valence-corrected chi connectivity index (χ2v) is 18.5. The highest BCUT2D eigenvalue weighted by Gasteiger charge is 2.33. The van der Waals surface area contributed by atoms with Gasteiger partial charge in [0, 0.05) is 27.7 Å². The van der Waals surface area contributed by atoms with E-state index in [0.29, 0.717) is 0 Å². The van der Waals surface area contributed by atoms with E-state index in [1.807, 2.05) is 0 Å². The number of benzene rings is 9. The van der Waals surface area contributed by atoms with E-state index in [4.69, 9.17) is 4.42 Å². The normalized spacial score (nSPS) is 12.5. The van der Waals surface area contributed by atoms with Crippen LogP contribution in [-0.4, -0.2) is 0 Å². The highest BCUT2D eigenvalue weighted by Crippen LogP contribution is 2.60. The lowest BCUT2D eigenvalue weighted by molar-refractivity contribution is 0.573. The number of furan rings is 1. The first-order chi connectivity index (χ1) is 29.0. The summed E-state index contributed by atoms with van der Waals surface area (Å²) in [4.78, 5) is 2.40.